The van der Waals surface area contributed by atoms with Crippen molar-refractivity contribution in [2.75, 3.05) is 13.2 Å². The summed E-state index contributed by atoms with van der Waals surface area (Å²) in [5, 5.41) is 0. The first-order valence-corrected chi connectivity index (χ1v) is 4.39. The number of hydrogen-bond donors (Lipinski definition) is 0. The van der Waals surface area contributed by atoms with Crippen LogP contribution in [0.2, 0.25) is 0 Å². The van der Waals surface area contributed by atoms with Gasteiger partial charge in [0.15, 0.2) is 0 Å². The normalized spacial score (nSPS) is 9.07. The summed E-state index contributed by atoms with van der Waals surface area (Å²) in [5.41, 5.74) is 0. The van der Waals surface area contributed by atoms with Crippen LogP contribution in [0.1, 0.15) is 12.8 Å². The van der Waals surface area contributed by atoms with Crippen LogP contribution in [0, 0.1) is 0 Å². The molecule has 0 aliphatic rings. The molecule has 0 heterocycles. The second-order valence-electron chi connectivity index (χ2n) is 2.43. The maximum Gasteiger partial charge on any atom is 0.312 e. The van der Waals surface area contributed by atoms with E-state index in [4.69, 9.17) is 4.74 Å². The van der Waals surface area contributed by atoms with E-state index in [1.54, 1.807) is 0 Å². The van der Waals surface area contributed by atoms with E-state index in [1.807, 2.05) is 0 Å². The summed E-state index contributed by atoms with van der Waals surface area (Å²) in [6.07, 6.45) is 2.37. The molecule has 0 aromatic carbocycles. The van der Waals surface area contributed by atoms with Crippen molar-refractivity contribution < 1.29 is 23.8 Å². The molecule has 0 fully saturated rings. The van der Waals surface area contributed by atoms with Gasteiger partial charge >= 0.3 is 11.9 Å². The number of esters is 2. The number of ether oxygens (including phenoxy) is 3. The average molecular weight is 214 g/mol. The van der Waals surface area contributed by atoms with Gasteiger partial charge < -0.3 is 14.2 Å². The quantitative estimate of drug-likeness (QED) is 0.344. The fourth-order valence-electron chi connectivity index (χ4n) is 0.717. The Morgan fingerprint density at radius 3 is 1.67 bits per heavy atom. The fraction of sp³-hybridized carbons (Fsp3) is 0.400. The fourth-order valence-corrected chi connectivity index (χ4v) is 0.717. The van der Waals surface area contributed by atoms with Crippen LogP contribution >= 0.6 is 0 Å². The van der Waals surface area contributed by atoms with Gasteiger partial charge in [0.1, 0.15) is 0 Å². The van der Waals surface area contributed by atoms with Crippen LogP contribution in [-0.2, 0) is 23.8 Å². The number of hydrogen-bond acceptors (Lipinski definition) is 5. The monoisotopic (exact) mass is 214 g/mol. The van der Waals surface area contributed by atoms with E-state index in [0.717, 1.165) is 12.5 Å². The van der Waals surface area contributed by atoms with Gasteiger partial charge in [-0.1, -0.05) is 13.2 Å². The summed E-state index contributed by atoms with van der Waals surface area (Å²) in [6.45, 7) is 6.87. The molecule has 0 aromatic rings. The van der Waals surface area contributed by atoms with Gasteiger partial charge in [0.2, 0.25) is 0 Å². The average Bonchev–Trinajstić information content (AvgIpc) is 2.18. The molecule has 0 bridgehead atoms. The van der Waals surface area contributed by atoms with E-state index < -0.39 is 11.9 Å². The minimum Gasteiger partial charge on any atom is -0.435 e. The summed E-state index contributed by atoms with van der Waals surface area (Å²) in [6, 6.07) is 0. The summed E-state index contributed by atoms with van der Waals surface area (Å²) >= 11 is 0. The van der Waals surface area contributed by atoms with Crippen molar-refractivity contribution in [2.24, 2.45) is 0 Å². The predicted octanol–water partition coefficient (Wildman–Crippen LogP) is 1.16. The van der Waals surface area contributed by atoms with Crippen molar-refractivity contribution >= 4 is 11.9 Å². The van der Waals surface area contributed by atoms with Gasteiger partial charge in [-0.3, -0.25) is 9.59 Å². The summed E-state index contributed by atoms with van der Waals surface area (Å²) < 4.78 is 13.9. The van der Waals surface area contributed by atoms with Gasteiger partial charge in [0, 0.05) is 0 Å². The summed E-state index contributed by atoms with van der Waals surface area (Å²) in [4.78, 5) is 21.5. The molecule has 0 spiro atoms. The lowest BCUT2D eigenvalue weighted by molar-refractivity contribution is -0.139. The highest BCUT2D eigenvalue weighted by molar-refractivity contribution is 5.70. The number of carbonyl (C=O) groups excluding carboxylic acids is 2. The van der Waals surface area contributed by atoms with Gasteiger partial charge in [0.25, 0.3) is 0 Å². The first-order valence-electron chi connectivity index (χ1n) is 4.39. The minimum absolute atomic E-state index is 0.128. The van der Waals surface area contributed by atoms with Gasteiger partial charge in [-0.05, 0) is 0 Å². The Hall–Kier alpha value is -1.62. The number of carbonyl (C=O) groups is 2. The van der Waals surface area contributed by atoms with Crippen LogP contribution < -0.4 is 0 Å². The highest BCUT2D eigenvalue weighted by atomic mass is 16.5. The van der Waals surface area contributed by atoms with Crippen LogP contribution in [0.25, 0.3) is 0 Å². The molecule has 0 aromatic heterocycles. The maximum atomic E-state index is 10.8. The molecular weight excluding hydrogens is 200 g/mol. The molecular formula is C10H14O5. The molecule has 0 atom stereocenters. The van der Waals surface area contributed by atoms with Crippen LogP contribution in [0.4, 0.5) is 0 Å². The third-order valence-electron chi connectivity index (χ3n) is 1.33. The molecule has 5 heteroatoms. The zero-order chi connectivity index (χ0) is 11.5. The van der Waals surface area contributed by atoms with Gasteiger partial charge in [-0.15, -0.1) is 0 Å². The second kappa shape index (κ2) is 8.96. The molecule has 0 saturated carbocycles. The maximum absolute atomic E-state index is 10.8. The number of rotatable bonds is 8. The molecule has 5 nitrogen and oxygen atoms in total. The zero-order valence-corrected chi connectivity index (χ0v) is 8.44. The minimum atomic E-state index is -0.418. The standard InChI is InChI=1S/C10H14O5/c1-3-14-9(11)5-7-13-8-6-10(12)15-4-2/h3-4H,1-2,5-8H2. The van der Waals surface area contributed by atoms with Crippen molar-refractivity contribution in [1.29, 1.82) is 0 Å². The molecule has 0 rings (SSSR count). The summed E-state index contributed by atoms with van der Waals surface area (Å²) in [7, 11) is 0. The Morgan fingerprint density at radius 2 is 1.33 bits per heavy atom. The van der Waals surface area contributed by atoms with E-state index in [1.165, 1.54) is 0 Å². The predicted molar refractivity (Wildman–Crippen MR) is 52.6 cm³/mol. The largest absolute Gasteiger partial charge is 0.435 e. The Balaban J connectivity index is 3.31. The van der Waals surface area contributed by atoms with E-state index in [2.05, 4.69) is 22.6 Å². The van der Waals surface area contributed by atoms with E-state index in [0.29, 0.717) is 0 Å². The first-order chi connectivity index (χ1) is 7.20. The van der Waals surface area contributed by atoms with Crippen molar-refractivity contribution in [3.63, 3.8) is 0 Å². The first kappa shape index (κ1) is 13.4. The van der Waals surface area contributed by atoms with Crippen LogP contribution in [0.5, 0.6) is 0 Å². The van der Waals surface area contributed by atoms with Crippen LogP contribution in [0.15, 0.2) is 25.7 Å². The van der Waals surface area contributed by atoms with Gasteiger partial charge in [0.05, 0.1) is 38.6 Å². The van der Waals surface area contributed by atoms with Gasteiger partial charge in [-0.25, -0.2) is 0 Å². The Bertz CT molecular complexity index is 210. The molecule has 0 aliphatic heterocycles. The highest BCUT2D eigenvalue weighted by Crippen LogP contribution is 1.92. The van der Waals surface area contributed by atoms with E-state index in [9.17, 15) is 9.59 Å². The molecule has 0 unspecified atom stereocenters. The SMILES string of the molecule is C=COC(=O)CCOCCC(=O)OC=C. The third-order valence-corrected chi connectivity index (χ3v) is 1.33. The van der Waals surface area contributed by atoms with Crippen LogP contribution in [0.3, 0.4) is 0 Å². The molecule has 0 saturated heterocycles. The van der Waals surface area contributed by atoms with Crippen molar-refractivity contribution in [3.05, 3.63) is 25.7 Å². The smallest absolute Gasteiger partial charge is 0.312 e. The van der Waals surface area contributed by atoms with E-state index in [-0.39, 0.29) is 26.1 Å². The van der Waals surface area contributed by atoms with Gasteiger partial charge in [-0.2, -0.15) is 0 Å². The zero-order valence-electron chi connectivity index (χ0n) is 8.44. The second-order valence-corrected chi connectivity index (χ2v) is 2.43. The lowest BCUT2D eigenvalue weighted by Gasteiger charge is -2.02. The Morgan fingerprint density at radius 1 is 0.933 bits per heavy atom. The van der Waals surface area contributed by atoms with Crippen molar-refractivity contribution in [2.45, 2.75) is 12.8 Å². The summed E-state index contributed by atoms with van der Waals surface area (Å²) in [5.74, 6) is -0.836. The topological polar surface area (TPSA) is 61.8 Å². The molecule has 84 valence electrons. The Kier molecular flexibility index (Phi) is 7.99. The molecule has 0 N–H and O–H groups in total. The van der Waals surface area contributed by atoms with Crippen molar-refractivity contribution in [3.8, 4) is 0 Å². The van der Waals surface area contributed by atoms with E-state index >= 15 is 0 Å². The third kappa shape index (κ3) is 8.70. The molecule has 15 heavy (non-hydrogen) atoms. The molecule has 0 aliphatic carbocycles. The Labute approximate surface area is 88.3 Å². The van der Waals surface area contributed by atoms with Crippen molar-refractivity contribution in [1.82, 2.24) is 0 Å². The lowest BCUT2D eigenvalue weighted by Crippen LogP contribution is -2.09. The highest BCUT2D eigenvalue weighted by Gasteiger charge is 2.02. The lowest BCUT2D eigenvalue weighted by atomic mass is 10.4. The molecule has 0 radical (unpaired) electrons. The molecule has 0 amide bonds. The van der Waals surface area contributed by atoms with Crippen LogP contribution in [-0.4, -0.2) is 25.2 Å².